The molecule has 0 atom stereocenters. The summed E-state index contributed by atoms with van der Waals surface area (Å²) >= 11 is 3.43. The van der Waals surface area contributed by atoms with Gasteiger partial charge in [0.1, 0.15) is 5.84 Å². The Labute approximate surface area is 160 Å². The van der Waals surface area contributed by atoms with Gasteiger partial charge in [-0.25, -0.2) is 0 Å². The van der Waals surface area contributed by atoms with E-state index in [2.05, 4.69) is 21.2 Å². The number of amides is 1. The Morgan fingerprint density at radius 3 is 2.27 bits per heavy atom. The van der Waals surface area contributed by atoms with E-state index in [4.69, 9.17) is 11.1 Å². The van der Waals surface area contributed by atoms with Gasteiger partial charge in [-0.1, -0.05) is 70.5 Å². The van der Waals surface area contributed by atoms with Crippen LogP contribution in [0.3, 0.4) is 0 Å². The minimum Gasteiger partial charge on any atom is -0.384 e. The summed E-state index contributed by atoms with van der Waals surface area (Å²) in [4.78, 5) is 12.7. The van der Waals surface area contributed by atoms with Gasteiger partial charge in [-0.2, -0.15) is 0 Å². The first-order valence-corrected chi connectivity index (χ1v) is 8.90. The lowest BCUT2D eigenvalue weighted by Crippen LogP contribution is -2.23. The summed E-state index contributed by atoms with van der Waals surface area (Å²) in [6.45, 7) is 0.408. The minimum atomic E-state index is -0.126. The molecule has 0 spiro atoms. The fraction of sp³-hybridized carbons (Fsp3) is 0.0476. The van der Waals surface area contributed by atoms with Gasteiger partial charge in [-0.05, 0) is 34.9 Å². The van der Waals surface area contributed by atoms with E-state index >= 15 is 0 Å². The van der Waals surface area contributed by atoms with Crippen molar-refractivity contribution in [2.45, 2.75) is 6.54 Å². The molecule has 0 aromatic heterocycles. The highest BCUT2D eigenvalue weighted by molar-refractivity contribution is 9.10. The Kier molecular flexibility index (Phi) is 5.49. The van der Waals surface area contributed by atoms with Crippen molar-refractivity contribution in [1.82, 2.24) is 5.32 Å². The first-order valence-electron chi connectivity index (χ1n) is 8.11. The molecule has 3 aromatic carbocycles. The molecule has 3 rings (SSSR count). The molecule has 4 nitrogen and oxygen atoms in total. The molecule has 0 aliphatic rings. The lowest BCUT2D eigenvalue weighted by molar-refractivity contribution is 0.0951. The Bertz CT molecular complexity index is 934. The summed E-state index contributed by atoms with van der Waals surface area (Å²) < 4.78 is 0.997. The fourth-order valence-electron chi connectivity index (χ4n) is 2.64. The second kappa shape index (κ2) is 7.97. The average Bonchev–Trinajstić information content (AvgIpc) is 2.67. The normalized spacial score (nSPS) is 10.3. The summed E-state index contributed by atoms with van der Waals surface area (Å²) in [6.07, 6.45) is 0. The Hall–Kier alpha value is -2.92. The molecule has 0 fully saturated rings. The second-order valence-corrected chi connectivity index (χ2v) is 6.76. The van der Waals surface area contributed by atoms with Gasteiger partial charge in [0.15, 0.2) is 0 Å². The highest BCUT2D eigenvalue weighted by Crippen LogP contribution is 2.25. The zero-order chi connectivity index (χ0) is 18.5. The van der Waals surface area contributed by atoms with Gasteiger partial charge in [-0.15, -0.1) is 0 Å². The summed E-state index contributed by atoms with van der Waals surface area (Å²) in [5.41, 5.74) is 9.59. The molecular formula is C21H18BrN3O. The molecule has 0 saturated heterocycles. The van der Waals surface area contributed by atoms with Gasteiger partial charge >= 0.3 is 0 Å². The highest BCUT2D eigenvalue weighted by Gasteiger charge is 2.12. The highest BCUT2D eigenvalue weighted by atomic mass is 79.9. The molecule has 0 aliphatic heterocycles. The fourth-order valence-corrected chi connectivity index (χ4v) is 2.91. The first kappa shape index (κ1) is 17.9. The van der Waals surface area contributed by atoms with Crippen molar-refractivity contribution in [3.8, 4) is 11.1 Å². The average molecular weight is 408 g/mol. The summed E-state index contributed by atoms with van der Waals surface area (Å²) in [6, 6.07) is 22.7. The maximum absolute atomic E-state index is 12.7. The SMILES string of the molecule is N=C(N)c1ccc(CNC(=O)c2ccccc2-c2ccc(Br)cc2)cc1. The molecular weight excluding hydrogens is 390 g/mol. The third-order valence-corrected chi connectivity index (χ3v) is 4.57. The van der Waals surface area contributed by atoms with Crippen LogP contribution in [0.4, 0.5) is 0 Å². The topological polar surface area (TPSA) is 79.0 Å². The van der Waals surface area contributed by atoms with Crippen molar-refractivity contribution in [1.29, 1.82) is 5.41 Å². The molecule has 0 saturated carbocycles. The van der Waals surface area contributed by atoms with Crippen LogP contribution in [0.2, 0.25) is 0 Å². The number of nitrogens with one attached hydrogen (secondary N) is 2. The van der Waals surface area contributed by atoms with Crippen molar-refractivity contribution in [3.05, 3.63) is 94.0 Å². The number of amidine groups is 1. The van der Waals surface area contributed by atoms with E-state index in [-0.39, 0.29) is 11.7 Å². The van der Waals surface area contributed by atoms with E-state index in [1.165, 1.54) is 0 Å². The van der Waals surface area contributed by atoms with Crippen LogP contribution in [-0.4, -0.2) is 11.7 Å². The maximum atomic E-state index is 12.7. The van der Waals surface area contributed by atoms with Gasteiger partial charge in [0.05, 0.1) is 0 Å². The van der Waals surface area contributed by atoms with Gasteiger partial charge in [-0.3, -0.25) is 10.2 Å². The number of hydrogen-bond acceptors (Lipinski definition) is 2. The van der Waals surface area contributed by atoms with Crippen molar-refractivity contribution in [2.24, 2.45) is 5.73 Å². The largest absolute Gasteiger partial charge is 0.384 e. The zero-order valence-corrected chi connectivity index (χ0v) is 15.6. The molecule has 130 valence electrons. The van der Waals surface area contributed by atoms with E-state index in [9.17, 15) is 4.79 Å². The van der Waals surface area contributed by atoms with Crippen LogP contribution >= 0.6 is 15.9 Å². The maximum Gasteiger partial charge on any atom is 0.252 e. The van der Waals surface area contributed by atoms with E-state index < -0.39 is 0 Å². The van der Waals surface area contributed by atoms with Crippen LogP contribution < -0.4 is 11.1 Å². The number of hydrogen-bond donors (Lipinski definition) is 3. The van der Waals surface area contributed by atoms with E-state index in [0.29, 0.717) is 17.7 Å². The number of rotatable bonds is 5. The van der Waals surface area contributed by atoms with Crippen molar-refractivity contribution >= 4 is 27.7 Å². The number of nitrogens with two attached hydrogens (primary N) is 1. The Balaban J connectivity index is 1.76. The van der Waals surface area contributed by atoms with Crippen molar-refractivity contribution in [3.63, 3.8) is 0 Å². The second-order valence-electron chi connectivity index (χ2n) is 5.85. The zero-order valence-electron chi connectivity index (χ0n) is 14.0. The van der Waals surface area contributed by atoms with Crippen molar-refractivity contribution in [2.75, 3.05) is 0 Å². The standard InChI is InChI=1S/C21H18BrN3O/c22-17-11-9-15(10-12-17)18-3-1-2-4-19(18)21(26)25-13-14-5-7-16(8-6-14)20(23)24/h1-12H,13H2,(H3,23,24)(H,25,26). The van der Waals surface area contributed by atoms with Crippen LogP contribution in [0, 0.1) is 5.41 Å². The number of carbonyl (C=O) groups is 1. The van der Waals surface area contributed by atoms with Crippen molar-refractivity contribution < 1.29 is 4.79 Å². The predicted octanol–water partition coefficient (Wildman–Crippen LogP) is 4.33. The summed E-state index contributed by atoms with van der Waals surface area (Å²) in [7, 11) is 0. The van der Waals surface area contributed by atoms with Crippen LogP contribution in [0.1, 0.15) is 21.5 Å². The van der Waals surface area contributed by atoms with E-state index in [0.717, 1.165) is 21.2 Å². The summed E-state index contributed by atoms with van der Waals surface area (Å²) in [5.74, 6) is -0.0943. The molecule has 0 radical (unpaired) electrons. The first-order chi connectivity index (χ1) is 12.5. The third kappa shape index (κ3) is 4.18. The molecule has 0 heterocycles. The lowest BCUT2D eigenvalue weighted by Gasteiger charge is -2.11. The molecule has 0 aliphatic carbocycles. The Morgan fingerprint density at radius 2 is 1.62 bits per heavy atom. The number of carbonyl (C=O) groups excluding carboxylic acids is 1. The lowest BCUT2D eigenvalue weighted by atomic mass is 9.99. The Morgan fingerprint density at radius 1 is 0.962 bits per heavy atom. The third-order valence-electron chi connectivity index (χ3n) is 4.04. The molecule has 3 aromatic rings. The van der Waals surface area contributed by atoms with Gasteiger partial charge in [0.2, 0.25) is 0 Å². The van der Waals surface area contributed by atoms with Gasteiger partial charge in [0, 0.05) is 22.1 Å². The van der Waals surface area contributed by atoms with E-state index in [1.54, 1.807) is 12.1 Å². The molecule has 1 amide bonds. The molecule has 0 bridgehead atoms. The molecule has 0 unspecified atom stereocenters. The molecule has 4 N–H and O–H groups in total. The van der Waals surface area contributed by atoms with Gasteiger partial charge in [0.25, 0.3) is 5.91 Å². The van der Waals surface area contributed by atoms with Crippen LogP contribution in [0.15, 0.2) is 77.3 Å². The molecule has 26 heavy (non-hydrogen) atoms. The van der Waals surface area contributed by atoms with Crippen LogP contribution in [0.25, 0.3) is 11.1 Å². The smallest absolute Gasteiger partial charge is 0.252 e. The number of nitrogen functional groups attached to an aromatic ring is 1. The summed E-state index contributed by atoms with van der Waals surface area (Å²) in [5, 5.41) is 10.4. The predicted molar refractivity (Wildman–Crippen MR) is 108 cm³/mol. The number of benzene rings is 3. The van der Waals surface area contributed by atoms with E-state index in [1.807, 2.05) is 60.7 Å². The van der Waals surface area contributed by atoms with Gasteiger partial charge < -0.3 is 11.1 Å². The van der Waals surface area contributed by atoms with Crippen LogP contribution in [0.5, 0.6) is 0 Å². The molecule has 5 heteroatoms. The minimum absolute atomic E-state index is 0.0315. The quantitative estimate of drug-likeness (QED) is 0.434. The monoisotopic (exact) mass is 407 g/mol. The van der Waals surface area contributed by atoms with Crippen LogP contribution in [-0.2, 0) is 6.54 Å². The number of halogens is 1.